The molecule has 0 aromatic heterocycles. The molecular formula is C32H64O12. The van der Waals surface area contributed by atoms with Crippen LogP contribution >= 0.6 is 0 Å². The quantitative estimate of drug-likeness (QED) is 0.0717. The number of rotatable bonds is 39. The van der Waals surface area contributed by atoms with E-state index in [4.69, 9.17) is 52.1 Å². The van der Waals surface area contributed by atoms with Gasteiger partial charge in [-0.15, -0.1) is 0 Å². The fourth-order valence-corrected chi connectivity index (χ4v) is 3.52. The van der Waals surface area contributed by atoms with Crippen molar-refractivity contribution in [3.05, 3.63) is 0 Å². The second-order valence-corrected chi connectivity index (χ2v) is 9.86. The number of hydrogen-bond acceptors (Lipinski definition) is 12. The Bertz CT molecular complexity index is 541. The van der Waals surface area contributed by atoms with Crippen LogP contribution in [-0.2, 0) is 56.9 Å². The van der Waals surface area contributed by atoms with Crippen molar-refractivity contribution in [3.8, 4) is 0 Å². The van der Waals surface area contributed by atoms with Gasteiger partial charge in [0.15, 0.2) is 0 Å². The van der Waals surface area contributed by atoms with Gasteiger partial charge in [-0.05, 0) is 12.8 Å². The summed E-state index contributed by atoms with van der Waals surface area (Å²) in [5, 5.41) is 0. The maximum atomic E-state index is 11.4. The van der Waals surface area contributed by atoms with E-state index in [0.29, 0.717) is 132 Å². The van der Waals surface area contributed by atoms with E-state index in [0.717, 1.165) is 32.3 Å². The first-order valence-electron chi connectivity index (χ1n) is 16.7. The SMILES string of the molecule is CCCCCCOCCOCCOCCOCCOCCOCCOCCOCCOCCOCCOC(=O)CCCCC. The van der Waals surface area contributed by atoms with Gasteiger partial charge in [0.1, 0.15) is 6.61 Å². The fraction of sp³-hybridized carbons (Fsp3) is 0.969. The average molecular weight is 641 g/mol. The van der Waals surface area contributed by atoms with Crippen LogP contribution in [0.2, 0.25) is 0 Å². The van der Waals surface area contributed by atoms with E-state index in [1.54, 1.807) is 0 Å². The number of ether oxygens (including phenoxy) is 11. The molecule has 12 heteroatoms. The highest BCUT2D eigenvalue weighted by Crippen LogP contribution is 2.00. The van der Waals surface area contributed by atoms with Crippen molar-refractivity contribution in [2.24, 2.45) is 0 Å². The number of carbonyl (C=O) groups is 1. The summed E-state index contributed by atoms with van der Waals surface area (Å²) in [6, 6.07) is 0. The van der Waals surface area contributed by atoms with Crippen molar-refractivity contribution in [3.63, 3.8) is 0 Å². The van der Waals surface area contributed by atoms with Crippen LogP contribution < -0.4 is 0 Å². The lowest BCUT2D eigenvalue weighted by Gasteiger charge is -2.09. The van der Waals surface area contributed by atoms with E-state index in [9.17, 15) is 4.79 Å². The highest BCUT2D eigenvalue weighted by molar-refractivity contribution is 5.69. The van der Waals surface area contributed by atoms with Crippen LogP contribution in [0.5, 0.6) is 0 Å². The van der Waals surface area contributed by atoms with Crippen LogP contribution in [-0.4, -0.2) is 145 Å². The Morgan fingerprint density at radius 1 is 0.318 bits per heavy atom. The molecule has 0 saturated carbocycles. The lowest BCUT2D eigenvalue weighted by atomic mass is 10.2. The molecule has 264 valence electrons. The Morgan fingerprint density at radius 2 is 0.591 bits per heavy atom. The van der Waals surface area contributed by atoms with Crippen molar-refractivity contribution < 1.29 is 56.9 Å². The normalized spacial score (nSPS) is 11.4. The Labute approximate surface area is 266 Å². The summed E-state index contributed by atoms with van der Waals surface area (Å²) < 4.78 is 59.7. The highest BCUT2D eigenvalue weighted by atomic mass is 16.6. The molecule has 44 heavy (non-hydrogen) atoms. The molecule has 0 aromatic rings. The van der Waals surface area contributed by atoms with E-state index >= 15 is 0 Å². The van der Waals surface area contributed by atoms with E-state index < -0.39 is 0 Å². The van der Waals surface area contributed by atoms with Gasteiger partial charge in [-0.25, -0.2) is 0 Å². The third-order valence-corrected chi connectivity index (χ3v) is 5.97. The minimum absolute atomic E-state index is 0.157. The second-order valence-electron chi connectivity index (χ2n) is 9.86. The fourth-order valence-electron chi connectivity index (χ4n) is 3.52. The van der Waals surface area contributed by atoms with Crippen LogP contribution in [0, 0.1) is 0 Å². The maximum absolute atomic E-state index is 11.4. The van der Waals surface area contributed by atoms with Crippen molar-refractivity contribution in [2.45, 2.75) is 65.2 Å². The summed E-state index contributed by atoms with van der Waals surface area (Å²) in [4.78, 5) is 11.4. The van der Waals surface area contributed by atoms with Gasteiger partial charge >= 0.3 is 5.97 Å². The molecule has 0 rings (SSSR count). The Morgan fingerprint density at radius 3 is 0.909 bits per heavy atom. The molecule has 0 radical (unpaired) electrons. The largest absolute Gasteiger partial charge is 0.463 e. The second kappa shape index (κ2) is 40.1. The molecule has 0 aliphatic carbocycles. The van der Waals surface area contributed by atoms with Crippen molar-refractivity contribution in [1.82, 2.24) is 0 Å². The number of esters is 1. The van der Waals surface area contributed by atoms with Gasteiger partial charge in [0, 0.05) is 13.0 Å². The van der Waals surface area contributed by atoms with Gasteiger partial charge in [0.25, 0.3) is 0 Å². The standard InChI is InChI=1S/C32H64O12/c1-3-5-7-9-11-34-12-13-35-14-15-36-16-17-37-18-19-38-20-21-39-22-23-40-24-25-41-26-27-42-28-29-43-30-31-44-32(33)10-8-6-4-2/h3-31H2,1-2H3. The summed E-state index contributed by atoms with van der Waals surface area (Å²) in [6.07, 6.45) is 8.39. The minimum Gasteiger partial charge on any atom is -0.463 e. The average Bonchev–Trinajstić information content (AvgIpc) is 3.03. The molecule has 0 spiro atoms. The Kier molecular flexibility index (Phi) is 39.2. The van der Waals surface area contributed by atoms with Crippen molar-refractivity contribution in [1.29, 1.82) is 0 Å². The minimum atomic E-state index is -0.157. The van der Waals surface area contributed by atoms with Crippen LogP contribution in [0.15, 0.2) is 0 Å². The predicted octanol–water partition coefficient (Wildman–Crippen LogP) is 3.86. The summed E-state index contributed by atoms with van der Waals surface area (Å²) in [5.41, 5.74) is 0. The lowest BCUT2D eigenvalue weighted by Crippen LogP contribution is -2.15. The van der Waals surface area contributed by atoms with Crippen molar-refractivity contribution >= 4 is 5.97 Å². The molecule has 12 nitrogen and oxygen atoms in total. The monoisotopic (exact) mass is 640 g/mol. The summed E-state index contributed by atoms with van der Waals surface area (Å²) in [7, 11) is 0. The topological polar surface area (TPSA) is 119 Å². The third kappa shape index (κ3) is 39.1. The predicted molar refractivity (Wildman–Crippen MR) is 167 cm³/mol. The van der Waals surface area contributed by atoms with Gasteiger partial charge in [-0.1, -0.05) is 46.0 Å². The van der Waals surface area contributed by atoms with E-state index in [1.165, 1.54) is 19.3 Å². The molecule has 0 saturated heterocycles. The highest BCUT2D eigenvalue weighted by Gasteiger charge is 2.02. The molecule has 0 N–H and O–H groups in total. The number of carbonyl (C=O) groups excluding carboxylic acids is 1. The van der Waals surface area contributed by atoms with Crippen LogP contribution in [0.1, 0.15) is 65.2 Å². The Balaban J connectivity index is 3.07. The zero-order valence-electron chi connectivity index (χ0n) is 27.9. The first kappa shape index (κ1) is 43.1. The molecule has 0 heterocycles. The molecule has 0 bridgehead atoms. The molecule has 0 aliphatic rings. The molecule has 0 atom stereocenters. The number of unbranched alkanes of at least 4 members (excludes halogenated alkanes) is 5. The molecule has 0 amide bonds. The van der Waals surface area contributed by atoms with Gasteiger partial charge in [-0.3, -0.25) is 4.79 Å². The maximum Gasteiger partial charge on any atom is 0.305 e. The van der Waals surface area contributed by atoms with Gasteiger partial charge in [0.2, 0.25) is 0 Å². The molecular weight excluding hydrogens is 576 g/mol. The molecule has 0 unspecified atom stereocenters. The van der Waals surface area contributed by atoms with E-state index in [1.807, 2.05) is 0 Å². The smallest absolute Gasteiger partial charge is 0.305 e. The van der Waals surface area contributed by atoms with Crippen LogP contribution in [0.4, 0.5) is 0 Å². The Hall–Kier alpha value is -0.930. The molecule has 0 aliphatic heterocycles. The first-order valence-corrected chi connectivity index (χ1v) is 16.7. The lowest BCUT2D eigenvalue weighted by molar-refractivity contribution is -0.145. The van der Waals surface area contributed by atoms with E-state index in [-0.39, 0.29) is 12.6 Å². The summed E-state index contributed by atoms with van der Waals surface area (Å²) in [5.74, 6) is -0.157. The zero-order chi connectivity index (χ0) is 31.9. The third-order valence-electron chi connectivity index (χ3n) is 5.97. The first-order chi connectivity index (χ1) is 21.8. The summed E-state index contributed by atoms with van der Waals surface area (Å²) in [6.45, 7) is 15.2. The van der Waals surface area contributed by atoms with Crippen LogP contribution in [0.3, 0.4) is 0 Å². The zero-order valence-corrected chi connectivity index (χ0v) is 27.9. The molecule has 0 aromatic carbocycles. The summed E-state index contributed by atoms with van der Waals surface area (Å²) >= 11 is 0. The number of hydrogen-bond donors (Lipinski definition) is 0. The van der Waals surface area contributed by atoms with Gasteiger partial charge in [0.05, 0.1) is 126 Å². The van der Waals surface area contributed by atoms with Crippen molar-refractivity contribution in [2.75, 3.05) is 139 Å². The van der Waals surface area contributed by atoms with Gasteiger partial charge < -0.3 is 52.1 Å². The van der Waals surface area contributed by atoms with E-state index in [2.05, 4.69) is 13.8 Å². The van der Waals surface area contributed by atoms with Crippen LogP contribution in [0.25, 0.3) is 0 Å². The molecule has 0 fully saturated rings. The van der Waals surface area contributed by atoms with Gasteiger partial charge in [-0.2, -0.15) is 0 Å².